The van der Waals surface area contributed by atoms with Gasteiger partial charge in [0.2, 0.25) is 0 Å². The Balaban J connectivity index is 1.60. The van der Waals surface area contributed by atoms with Crippen molar-refractivity contribution in [1.82, 2.24) is 10.3 Å². The van der Waals surface area contributed by atoms with E-state index in [9.17, 15) is 9.90 Å². The maximum Gasteiger partial charge on any atom is 0.258 e. The maximum atomic E-state index is 12.7. The molecule has 3 aromatic carbocycles. The molecule has 30 heavy (non-hydrogen) atoms. The van der Waals surface area contributed by atoms with Crippen molar-refractivity contribution >= 4 is 16.8 Å². The van der Waals surface area contributed by atoms with Gasteiger partial charge in [-0.2, -0.15) is 0 Å². The Hall–Kier alpha value is -3.86. The van der Waals surface area contributed by atoms with E-state index < -0.39 is 6.04 Å². The van der Waals surface area contributed by atoms with Crippen molar-refractivity contribution in [1.29, 1.82) is 0 Å². The Bertz CT molecular complexity index is 1160. The van der Waals surface area contributed by atoms with Gasteiger partial charge >= 0.3 is 0 Å². The first-order valence-electron chi connectivity index (χ1n) is 9.72. The van der Waals surface area contributed by atoms with Gasteiger partial charge in [0.1, 0.15) is 17.0 Å². The monoisotopic (exact) mass is 398 g/mol. The molecule has 1 heterocycles. The van der Waals surface area contributed by atoms with E-state index in [4.69, 9.17) is 4.74 Å². The zero-order valence-electron chi connectivity index (χ0n) is 16.6. The van der Waals surface area contributed by atoms with E-state index in [1.165, 1.54) is 0 Å². The van der Waals surface area contributed by atoms with Crippen LogP contribution in [0.2, 0.25) is 0 Å². The SMILES string of the molecule is Cc1ccc(OCC(=O)NC(c2ccccc2)c2ccc3cccnc3c2O)cc1. The lowest BCUT2D eigenvalue weighted by molar-refractivity contribution is -0.123. The molecule has 1 amide bonds. The zero-order chi connectivity index (χ0) is 20.9. The summed E-state index contributed by atoms with van der Waals surface area (Å²) in [6, 6.07) is 23.9. The lowest BCUT2D eigenvalue weighted by Crippen LogP contribution is -2.33. The van der Waals surface area contributed by atoms with Gasteiger partial charge in [0.05, 0.1) is 6.04 Å². The van der Waals surface area contributed by atoms with E-state index in [0.29, 0.717) is 16.8 Å². The van der Waals surface area contributed by atoms with Gasteiger partial charge in [0.25, 0.3) is 5.91 Å². The summed E-state index contributed by atoms with van der Waals surface area (Å²) in [6.07, 6.45) is 1.64. The lowest BCUT2D eigenvalue weighted by atomic mass is 9.96. The highest BCUT2D eigenvalue weighted by Crippen LogP contribution is 2.34. The van der Waals surface area contributed by atoms with Crippen LogP contribution in [0.25, 0.3) is 10.9 Å². The highest BCUT2D eigenvalue weighted by molar-refractivity contribution is 5.86. The van der Waals surface area contributed by atoms with Crippen LogP contribution in [0.4, 0.5) is 0 Å². The Kier molecular flexibility index (Phi) is 5.61. The first-order valence-corrected chi connectivity index (χ1v) is 9.72. The fourth-order valence-corrected chi connectivity index (χ4v) is 3.35. The molecule has 0 bridgehead atoms. The van der Waals surface area contributed by atoms with Crippen molar-refractivity contribution in [3.63, 3.8) is 0 Å². The molecule has 0 fully saturated rings. The number of phenols is 1. The molecule has 0 radical (unpaired) electrons. The smallest absolute Gasteiger partial charge is 0.258 e. The molecule has 0 aliphatic heterocycles. The summed E-state index contributed by atoms with van der Waals surface area (Å²) < 4.78 is 5.61. The van der Waals surface area contributed by atoms with Crippen LogP contribution in [0.15, 0.2) is 85.1 Å². The average Bonchev–Trinajstić information content (AvgIpc) is 2.78. The van der Waals surface area contributed by atoms with Crippen molar-refractivity contribution in [3.05, 3.63) is 102 Å². The molecule has 150 valence electrons. The Morgan fingerprint density at radius 2 is 1.77 bits per heavy atom. The number of amides is 1. The lowest BCUT2D eigenvalue weighted by Gasteiger charge is -2.21. The number of carbonyl (C=O) groups is 1. The molecule has 0 aliphatic carbocycles. The minimum atomic E-state index is -0.535. The topological polar surface area (TPSA) is 71.5 Å². The molecule has 4 rings (SSSR count). The van der Waals surface area contributed by atoms with Gasteiger partial charge in [-0.1, -0.05) is 66.2 Å². The number of aromatic hydroxyl groups is 1. The average molecular weight is 398 g/mol. The van der Waals surface area contributed by atoms with Crippen LogP contribution >= 0.6 is 0 Å². The van der Waals surface area contributed by atoms with Crippen LogP contribution in [-0.4, -0.2) is 22.6 Å². The molecule has 0 spiro atoms. The summed E-state index contributed by atoms with van der Waals surface area (Å²) in [5, 5.41) is 14.7. The molecule has 5 nitrogen and oxygen atoms in total. The second-order valence-electron chi connectivity index (χ2n) is 7.09. The van der Waals surface area contributed by atoms with Crippen molar-refractivity contribution in [2.75, 3.05) is 6.61 Å². The maximum absolute atomic E-state index is 12.7. The molecule has 0 aliphatic rings. The number of pyridine rings is 1. The number of benzene rings is 3. The van der Waals surface area contributed by atoms with Crippen molar-refractivity contribution < 1.29 is 14.6 Å². The van der Waals surface area contributed by atoms with Gasteiger partial charge in [-0.25, -0.2) is 0 Å². The van der Waals surface area contributed by atoms with Gasteiger partial charge in [0, 0.05) is 17.1 Å². The third kappa shape index (κ3) is 4.25. The van der Waals surface area contributed by atoms with Gasteiger partial charge in [0.15, 0.2) is 6.61 Å². The molecule has 1 unspecified atom stereocenters. The van der Waals surface area contributed by atoms with Crippen LogP contribution in [0.1, 0.15) is 22.7 Å². The van der Waals surface area contributed by atoms with Gasteiger partial charge < -0.3 is 15.2 Å². The predicted octanol–water partition coefficient (Wildman–Crippen LogP) is 4.53. The normalized spacial score (nSPS) is 11.8. The fraction of sp³-hybridized carbons (Fsp3) is 0.120. The predicted molar refractivity (Wildman–Crippen MR) is 117 cm³/mol. The summed E-state index contributed by atoms with van der Waals surface area (Å²) in [7, 11) is 0. The number of nitrogens with zero attached hydrogens (tertiary/aromatic N) is 1. The van der Waals surface area contributed by atoms with Crippen LogP contribution in [-0.2, 0) is 4.79 Å². The van der Waals surface area contributed by atoms with E-state index in [1.54, 1.807) is 6.20 Å². The molecule has 0 saturated heterocycles. The number of rotatable bonds is 6. The fourth-order valence-electron chi connectivity index (χ4n) is 3.35. The van der Waals surface area contributed by atoms with Crippen LogP contribution in [0, 0.1) is 6.92 Å². The summed E-state index contributed by atoms with van der Waals surface area (Å²) in [6.45, 7) is 1.87. The quantitative estimate of drug-likeness (QED) is 0.500. The third-order valence-electron chi connectivity index (χ3n) is 4.92. The summed E-state index contributed by atoms with van der Waals surface area (Å²) in [4.78, 5) is 17.0. The number of aryl methyl sites for hydroxylation is 1. The van der Waals surface area contributed by atoms with Crippen molar-refractivity contribution in [2.45, 2.75) is 13.0 Å². The van der Waals surface area contributed by atoms with Crippen LogP contribution in [0.3, 0.4) is 0 Å². The molecule has 1 aromatic heterocycles. The van der Waals surface area contributed by atoms with E-state index in [0.717, 1.165) is 16.5 Å². The highest BCUT2D eigenvalue weighted by Gasteiger charge is 2.22. The van der Waals surface area contributed by atoms with Crippen LogP contribution < -0.4 is 10.1 Å². The molecule has 5 heteroatoms. The molecular weight excluding hydrogens is 376 g/mol. The Morgan fingerprint density at radius 3 is 2.53 bits per heavy atom. The second kappa shape index (κ2) is 8.66. The van der Waals surface area contributed by atoms with Crippen molar-refractivity contribution in [2.24, 2.45) is 0 Å². The Labute approximate surface area is 175 Å². The number of hydrogen-bond acceptors (Lipinski definition) is 4. The van der Waals surface area contributed by atoms with E-state index in [1.807, 2.05) is 85.8 Å². The van der Waals surface area contributed by atoms with Crippen LogP contribution in [0.5, 0.6) is 11.5 Å². The molecular formula is C25H22N2O3. The number of fused-ring (bicyclic) bond motifs is 1. The van der Waals surface area contributed by atoms with Crippen molar-refractivity contribution in [3.8, 4) is 11.5 Å². The van der Waals surface area contributed by atoms with E-state index in [-0.39, 0.29) is 18.3 Å². The van der Waals surface area contributed by atoms with E-state index in [2.05, 4.69) is 10.3 Å². The van der Waals surface area contributed by atoms with Gasteiger partial charge in [-0.3, -0.25) is 9.78 Å². The number of carbonyl (C=O) groups excluding carboxylic acids is 1. The first-order chi connectivity index (χ1) is 14.6. The minimum Gasteiger partial charge on any atom is -0.505 e. The summed E-state index contributed by atoms with van der Waals surface area (Å²) >= 11 is 0. The molecule has 4 aromatic rings. The summed E-state index contributed by atoms with van der Waals surface area (Å²) in [5.41, 5.74) is 3.06. The Morgan fingerprint density at radius 1 is 1.00 bits per heavy atom. The number of aromatic nitrogens is 1. The molecule has 2 N–H and O–H groups in total. The number of hydrogen-bond donors (Lipinski definition) is 2. The molecule has 1 atom stereocenters. The number of phenolic OH excluding ortho intramolecular Hbond substituents is 1. The van der Waals surface area contributed by atoms with Gasteiger partial charge in [-0.05, 0) is 30.7 Å². The first kappa shape index (κ1) is 19.5. The second-order valence-corrected chi connectivity index (χ2v) is 7.09. The summed E-state index contributed by atoms with van der Waals surface area (Å²) in [5.74, 6) is 0.399. The zero-order valence-corrected chi connectivity index (χ0v) is 16.6. The standard InChI is InChI=1S/C25H22N2O3/c1-17-9-12-20(13-10-17)30-16-22(28)27-23(18-6-3-2-4-7-18)21-14-11-19-8-5-15-26-24(19)25(21)29/h2-15,23,29H,16H2,1H3,(H,27,28). The van der Waals surface area contributed by atoms with Gasteiger partial charge in [-0.15, -0.1) is 0 Å². The number of ether oxygens (including phenoxy) is 1. The molecule has 0 saturated carbocycles. The minimum absolute atomic E-state index is 0.0571. The number of nitrogens with one attached hydrogen (secondary N) is 1. The third-order valence-corrected chi connectivity index (χ3v) is 4.92. The highest BCUT2D eigenvalue weighted by atomic mass is 16.5. The largest absolute Gasteiger partial charge is 0.505 e. The van der Waals surface area contributed by atoms with E-state index >= 15 is 0 Å².